The van der Waals surface area contributed by atoms with E-state index < -0.39 is 23.4 Å². The molecule has 2 aromatic carbocycles. The number of aromatic nitrogens is 1. The average Bonchev–Trinajstić information content (AvgIpc) is 3.06. The zero-order valence-corrected chi connectivity index (χ0v) is 16.5. The van der Waals surface area contributed by atoms with Crippen LogP contribution in [0.3, 0.4) is 0 Å². The molecule has 0 aliphatic rings. The molecule has 1 amide bonds. The van der Waals surface area contributed by atoms with Gasteiger partial charge in [0.15, 0.2) is 0 Å². The molecule has 30 heavy (non-hydrogen) atoms. The van der Waals surface area contributed by atoms with Gasteiger partial charge in [0.25, 0.3) is 5.78 Å². The lowest BCUT2D eigenvalue weighted by Gasteiger charge is -2.10. The molecule has 0 bridgehead atoms. The van der Waals surface area contributed by atoms with E-state index in [-0.39, 0.29) is 11.9 Å². The van der Waals surface area contributed by atoms with Crippen LogP contribution >= 0.6 is 0 Å². The first-order valence-corrected chi connectivity index (χ1v) is 9.49. The number of halogens is 3. The first-order valence-electron chi connectivity index (χ1n) is 9.49. The summed E-state index contributed by atoms with van der Waals surface area (Å²) in [6.07, 6.45) is -3.34. The van der Waals surface area contributed by atoms with E-state index >= 15 is 0 Å². The van der Waals surface area contributed by atoms with Crippen molar-refractivity contribution in [1.29, 1.82) is 0 Å². The fraction of sp³-hybridized carbons (Fsp3) is 0.273. The smallest absolute Gasteiger partial charge is 0.454 e. The van der Waals surface area contributed by atoms with Crippen LogP contribution in [-0.4, -0.2) is 29.0 Å². The fourth-order valence-corrected chi connectivity index (χ4v) is 3.34. The highest BCUT2D eigenvalue weighted by atomic mass is 19.4. The molecule has 3 rings (SSSR count). The van der Waals surface area contributed by atoms with Gasteiger partial charge in [0.1, 0.15) is 12.3 Å². The Labute approximate surface area is 171 Å². The number of hydrogen-bond donors (Lipinski definition) is 1. The molecular formula is C22H21F3N2O3. The predicted molar refractivity (Wildman–Crippen MR) is 108 cm³/mol. The van der Waals surface area contributed by atoms with E-state index in [1.807, 2.05) is 13.8 Å². The number of carbonyl (C=O) groups excluding carboxylic acids is 2. The van der Waals surface area contributed by atoms with Crippen LogP contribution in [0.2, 0.25) is 0 Å². The maximum atomic E-state index is 13.0. The monoisotopic (exact) mass is 418 g/mol. The van der Waals surface area contributed by atoms with Gasteiger partial charge in [-0.2, -0.15) is 13.2 Å². The second-order valence-corrected chi connectivity index (χ2v) is 6.67. The number of hydrogen-bond acceptors (Lipinski definition) is 3. The Bertz CT molecular complexity index is 1070. The second-order valence-electron chi connectivity index (χ2n) is 6.67. The summed E-state index contributed by atoms with van der Waals surface area (Å²) in [7, 11) is 0. The third-order valence-electron chi connectivity index (χ3n) is 4.63. The standard InChI is InChI=1S/C22H21F3N2O3/c1-3-14-6-5-7-17-18(21(29)22(23,24)25)12-27(20(14)17)13-19(28)26-15-8-10-16(11-9-15)30-4-2/h5-12H,3-4,13H2,1-2H3,(H,26,28). The molecule has 1 heterocycles. The van der Waals surface area contributed by atoms with Crippen molar-refractivity contribution in [3.05, 3.63) is 59.8 Å². The molecule has 8 heteroatoms. The summed E-state index contributed by atoms with van der Waals surface area (Å²) in [5, 5.41) is 2.89. The van der Waals surface area contributed by atoms with Crippen molar-refractivity contribution in [3.63, 3.8) is 0 Å². The minimum absolute atomic E-state index is 0.186. The molecule has 1 aromatic heterocycles. The van der Waals surface area contributed by atoms with Crippen molar-refractivity contribution in [2.45, 2.75) is 33.0 Å². The molecule has 158 valence electrons. The van der Waals surface area contributed by atoms with Gasteiger partial charge in [-0.1, -0.05) is 25.1 Å². The van der Waals surface area contributed by atoms with Crippen molar-refractivity contribution >= 4 is 28.3 Å². The third-order valence-corrected chi connectivity index (χ3v) is 4.63. The number of nitrogens with one attached hydrogen (secondary N) is 1. The van der Waals surface area contributed by atoms with Gasteiger partial charge in [-0.3, -0.25) is 9.59 Å². The summed E-state index contributed by atoms with van der Waals surface area (Å²) in [5.74, 6) is -1.69. The third kappa shape index (κ3) is 4.48. The number of fused-ring (bicyclic) bond motifs is 1. The van der Waals surface area contributed by atoms with E-state index in [4.69, 9.17) is 4.74 Å². The Hall–Kier alpha value is -3.29. The van der Waals surface area contributed by atoms with E-state index in [9.17, 15) is 22.8 Å². The molecule has 0 radical (unpaired) electrons. The lowest BCUT2D eigenvalue weighted by molar-refractivity contribution is -0.116. The van der Waals surface area contributed by atoms with Crippen LogP contribution in [0.5, 0.6) is 5.75 Å². The average molecular weight is 418 g/mol. The van der Waals surface area contributed by atoms with Gasteiger partial charge >= 0.3 is 6.18 Å². The summed E-state index contributed by atoms with van der Waals surface area (Å²) in [6.45, 7) is 4.01. The lowest BCUT2D eigenvalue weighted by atomic mass is 10.0. The van der Waals surface area contributed by atoms with Crippen molar-refractivity contribution in [1.82, 2.24) is 4.57 Å². The molecule has 1 N–H and O–H groups in total. The number of aryl methyl sites for hydroxylation is 1. The number of carbonyl (C=O) groups is 2. The van der Waals surface area contributed by atoms with Crippen LogP contribution in [0, 0.1) is 0 Å². The molecule has 0 saturated carbocycles. The minimum Gasteiger partial charge on any atom is -0.494 e. The summed E-state index contributed by atoms with van der Waals surface area (Å²) in [5.41, 5.74) is 1.28. The van der Waals surface area contributed by atoms with E-state index in [1.165, 1.54) is 10.6 Å². The summed E-state index contributed by atoms with van der Waals surface area (Å²) >= 11 is 0. The topological polar surface area (TPSA) is 60.3 Å². The quantitative estimate of drug-likeness (QED) is 0.550. The Morgan fingerprint density at radius 1 is 1.07 bits per heavy atom. The molecule has 0 atom stereocenters. The number of rotatable bonds is 7. The van der Waals surface area contributed by atoms with Crippen LogP contribution in [0.15, 0.2) is 48.7 Å². The van der Waals surface area contributed by atoms with Crippen LogP contribution in [-0.2, 0) is 17.8 Å². The van der Waals surface area contributed by atoms with Gasteiger partial charge in [-0.15, -0.1) is 0 Å². The van der Waals surface area contributed by atoms with Crippen LogP contribution < -0.4 is 10.1 Å². The van der Waals surface area contributed by atoms with E-state index in [2.05, 4.69) is 5.32 Å². The van der Waals surface area contributed by atoms with Gasteiger partial charge in [0.2, 0.25) is 5.91 Å². The number of para-hydroxylation sites is 1. The Morgan fingerprint density at radius 3 is 2.37 bits per heavy atom. The van der Waals surface area contributed by atoms with Gasteiger partial charge < -0.3 is 14.6 Å². The SMILES string of the molecule is CCOc1ccc(NC(=O)Cn2cc(C(=O)C(F)(F)F)c3cccc(CC)c32)cc1. The maximum absolute atomic E-state index is 13.0. The molecule has 0 unspecified atom stereocenters. The van der Waals surface area contributed by atoms with Gasteiger partial charge in [0.05, 0.1) is 17.7 Å². The highest BCUT2D eigenvalue weighted by Gasteiger charge is 2.41. The van der Waals surface area contributed by atoms with Gasteiger partial charge in [-0.05, 0) is 43.2 Å². The number of benzene rings is 2. The van der Waals surface area contributed by atoms with Crippen molar-refractivity contribution < 1.29 is 27.5 Å². The van der Waals surface area contributed by atoms with Crippen molar-refractivity contribution in [2.75, 3.05) is 11.9 Å². The Balaban J connectivity index is 1.91. The Morgan fingerprint density at radius 2 is 1.77 bits per heavy atom. The molecule has 0 spiro atoms. The van der Waals surface area contributed by atoms with E-state index in [0.29, 0.717) is 30.0 Å². The number of ether oxygens (including phenoxy) is 1. The highest BCUT2D eigenvalue weighted by Crippen LogP contribution is 2.30. The lowest BCUT2D eigenvalue weighted by Crippen LogP contribution is -2.22. The number of ketones is 1. The highest BCUT2D eigenvalue weighted by molar-refractivity contribution is 6.11. The van der Waals surface area contributed by atoms with Crippen LogP contribution in [0.4, 0.5) is 18.9 Å². The summed E-state index contributed by atoms with van der Waals surface area (Å²) < 4.78 is 45.9. The Kier molecular flexibility index (Phi) is 6.14. The first kappa shape index (κ1) is 21.4. The van der Waals surface area contributed by atoms with Crippen LogP contribution in [0.1, 0.15) is 29.8 Å². The molecule has 0 aliphatic carbocycles. The molecule has 0 fully saturated rings. The molecule has 0 aliphatic heterocycles. The number of amides is 1. The van der Waals surface area contributed by atoms with E-state index in [0.717, 1.165) is 11.8 Å². The number of nitrogens with zero attached hydrogens (tertiary/aromatic N) is 1. The van der Waals surface area contributed by atoms with Crippen molar-refractivity contribution in [2.24, 2.45) is 0 Å². The van der Waals surface area contributed by atoms with Gasteiger partial charge in [0, 0.05) is 17.3 Å². The number of alkyl halides is 3. The largest absolute Gasteiger partial charge is 0.494 e. The predicted octanol–water partition coefficient (Wildman–Crippen LogP) is 4.99. The number of Topliss-reactive ketones (excluding diaryl/α,β-unsaturated/α-hetero) is 1. The van der Waals surface area contributed by atoms with Gasteiger partial charge in [-0.25, -0.2) is 0 Å². The molecule has 0 saturated heterocycles. The summed E-state index contributed by atoms with van der Waals surface area (Å²) in [4.78, 5) is 24.4. The molecule has 3 aromatic rings. The minimum atomic E-state index is -4.99. The zero-order chi connectivity index (χ0) is 21.9. The zero-order valence-electron chi connectivity index (χ0n) is 16.5. The second kappa shape index (κ2) is 8.61. The maximum Gasteiger partial charge on any atom is 0.454 e. The number of anilines is 1. The molecule has 5 nitrogen and oxygen atoms in total. The normalized spacial score (nSPS) is 11.5. The van der Waals surface area contributed by atoms with E-state index in [1.54, 1.807) is 36.4 Å². The van der Waals surface area contributed by atoms with Crippen molar-refractivity contribution in [3.8, 4) is 5.75 Å². The van der Waals surface area contributed by atoms with Crippen LogP contribution in [0.25, 0.3) is 10.9 Å². The fourth-order valence-electron chi connectivity index (χ4n) is 3.34. The molecular weight excluding hydrogens is 397 g/mol. The first-order chi connectivity index (χ1) is 14.2. The summed E-state index contributed by atoms with van der Waals surface area (Å²) in [6, 6.07) is 11.6.